The van der Waals surface area contributed by atoms with E-state index in [0.29, 0.717) is 5.56 Å². The van der Waals surface area contributed by atoms with Crippen LogP contribution >= 0.6 is 0 Å². The molecule has 0 atom stereocenters. The molecule has 0 radical (unpaired) electrons. The predicted molar refractivity (Wildman–Crippen MR) is 67.5 cm³/mol. The second-order valence-corrected chi connectivity index (χ2v) is 4.56. The van der Waals surface area contributed by atoms with Crippen LogP contribution in [0.2, 0.25) is 0 Å². The standard InChI is InChI=1S/C12H19N3O2/c1-12(2,8-16)15(3)11(17)9-4-6-10(14-13)7-5-9/h4-7,14,16H,8,13H2,1-3H3. The van der Waals surface area contributed by atoms with Crippen LogP contribution in [0.3, 0.4) is 0 Å². The van der Waals surface area contributed by atoms with E-state index in [1.807, 2.05) is 0 Å². The predicted octanol–water partition coefficient (Wildman–Crippen LogP) is 0.815. The second-order valence-electron chi connectivity index (χ2n) is 4.56. The summed E-state index contributed by atoms with van der Waals surface area (Å²) in [5, 5.41) is 9.22. The summed E-state index contributed by atoms with van der Waals surface area (Å²) in [6.45, 7) is 3.53. The number of hydrogen-bond donors (Lipinski definition) is 3. The molecule has 0 heterocycles. The molecule has 1 aromatic carbocycles. The molecule has 0 spiro atoms. The third-order valence-electron chi connectivity index (χ3n) is 2.90. The fourth-order valence-corrected chi connectivity index (χ4v) is 1.28. The fourth-order valence-electron chi connectivity index (χ4n) is 1.28. The first-order valence-electron chi connectivity index (χ1n) is 5.38. The summed E-state index contributed by atoms with van der Waals surface area (Å²) < 4.78 is 0. The molecule has 0 aromatic heterocycles. The number of carbonyl (C=O) groups excluding carboxylic acids is 1. The normalized spacial score (nSPS) is 11.1. The Hall–Kier alpha value is -1.59. The number of hydrazine groups is 1. The quantitative estimate of drug-likeness (QED) is 0.535. The van der Waals surface area contributed by atoms with Gasteiger partial charge in [-0.05, 0) is 38.1 Å². The van der Waals surface area contributed by atoms with Crippen LogP contribution in [-0.2, 0) is 0 Å². The van der Waals surface area contributed by atoms with E-state index in [4.69, 9.17) is 5.84 Å². The maximum atomic E-state index is 12.1. The second kappa shape index (κ2) is 5.16. The van der Waals surface area contributed by atoms with Gasteiger partial charge in [0.25, 0.3) is 5.91 Å². The Labute approximate surface area is 101 Å². The molecular formula is C12H19N3O2. The highest BCUT2D eigenvalue weighted by molar-refractivity contribution is 5.94. The zero-order valence-corrected chi connectivity index (χ0v) is 10.4. The molecule has 1 rings (SSSR count). The van der Waals surface area contributed by atoms with Crippen molar-refractivity contribution in [2.24, 2.45) is 5.84 Å². The van der Waals surface area contributed by atoms with Crippen molar-refractivity contribution in [2.75, 3.05) is 19.1 Å². The van der Waals surface area contributed by atoms with Crippen molar-refractivity contribution in [3.05, 3.63) is 29.8 Å². The first-order valence-corrected chi connectivity index (χ1v) is 5.38. The van der Waals surface area contributed by atoms with Crippen molar-refractivity contribution in [1.82, 2.24) is 4.90 Å². The Morgan fingerprint density at radius 3 is 2.35 bits per heavy atom. The number of rotatable bonds is 4. The number of nitrogens with one attached hydrogen (secondary N) is 1. The Kier molecular flexibility index (Phi) is 4.09. The lowest BCUT2D eigenvalue weighted by molar-refractivity contribution is 0.0473. The lowest BCUT2D eigenvalue weighted by Gasteiger charge is -2.34. The molecule has 0 saturated carbocycles. The van der Waals surface area contributed by atoms with E-state index >= 15 is 0 Å². The van der Waals surface area contributed by atoms with E-state index in [2.05, 4.69) is 5.43 Å². The first kappa shape index (κ1) is 13.5. The minimum atomic E-state index is -0.581. The van der Waals surface area contributed by atoms with Gasteiger partial charge in [0.15, 0.2) is 0 Å². The van der Waals surface area contributed by atoms with Crippen molar-refractivity contribution in [1.29, 1.82) is 0 Å². The number of nitrogens with two attached hydrogens (primary N) is 1. The van der Waals surface area contributed by atoms with Crippen LogP contribution in [0.5, 0.6) is 0 Å². The number of nitrogens with zero attached hydrogens (tertiary/aromatic N) is 1. The van der Waals surface area contributed by atoms with Crippen LogP contribution in [0.1, 0.15) is 24.2 Å². The summed E-state index contributed by atoms with van der Waals surface area (Å²) in [6.07, 6.45) is 0. The number of hydrogen-bond acceptors (Lipinski definition) is 4. The van der Waals surface area contributed by atoms with Gasteiger partial charge in [0.1, 0.15) is 0 Å². The van der Waals surface area contributed by atoms with E-state index < -0.39 is 5.54 Å². The highest BCUT2D eigenvalue weighted by atomic mass is 16.3. The van der Waals surface area contributed by atoms with Gasteiger partial charge in [-0.25, -0.2) is 0 Å². The monoisotopic (exact) mass is 237 g/mol. The van der Waals surface area contributed by atoms with Gasteiger partial charge < -0.3 is 15.4 Å². The smallest absolute Gasteiger partial charge is 0.254 e. The molecule has 1 aromatic rings. The van der Waals surface area contributed by atoms with Crippen molar-refractivity contribution >= 4 is 11.6 Å². The fraction of sp³-hybridized carbons (Fsp3) is 0.417. The van der Waals surface area contributed by atoms with Gasteiger partial charge in [-0.3, -0.25) is 10.6 Å². The average molecular weight is 237 g/mol. The molecule has 0 saturated heterocycles. The topological polar surface area (TPSA) is 78.6 Å². The summed E-state index contributed by atoms with van der Waals surface area (Å²) in [5.41, 5.74) is 3.22. The lowest BCUT2D eigenvalue weighted by atomic mass is 10.0. The van der Waals surface area contributed by atoms with Crippen LogP contribution in [0.15, 0.2) is 24.3 Å². The SMILES string of the molecule is CN(C(=O)c1ccc(NN)cc1)C(C)(C)CO. The molecule has 0 fully saturated rings. The molecule has 0 aliphatic carbocycles. The molecule has 0 aliphatic heterocycles. The highest BCUT2D eigenvalue weighted by Gasteiger charge is 2.27. The van der Waals surface area contributed by atoms with E-state index in [9.17, 15) is 9.90 Å². The van der Waals surface area contributed by atoms with Gasteiger partial charge in [0, 0.05) is 18.3 Å². The largest absolute Gasteiger partial charge is 0.394 e. The van der Waals surface area contributed by atoms with Gasteiger partial charge >= 0.3 is 0 Å². The zero-order chi connectivity index (χ0) is 13.1. The van der Waals surface area contributed by atoms with E-state index in [1.165, 1.54) is 4.90 Å². The summed E-state index contributed by atoms with van der Waals surface area (Å²) in [5.74, 6) is 5.12. The number of aliphatic hydroxyl groups is 1. The molecule has 4 N–H and O–H groups in total. The van der Waals surface area contributed by atoms with Crippen molar-refractivity contribution < 1.29 is 9.90 Å². The maximum absolute atomic E-state index is 12.1. The minimum absolute atomic E-state index is 0.0856. The molecule has 0 aliphatic rings. The van der Waals surface area contributed by atoms with Gasteiger partial charge in [0.2, 0.25) is 0 Å². The van der Waals surface area contributed by atoms with Gasteiger partial charge in [-0.15, -0.1) is 0 Å². The highest BCUT2D eigenvalue weighted by Crippen LogP contribution is 2.16. The summed E-state index contributed by atoms with van der Waals surface area (Å²) >= 11 is 0. The average Bonchev–Trinajstić information content (AvgIpc) is 2.37. The number of anilines is 1. The Bertz CT molecular complexity index is 387. The molecule has 1 amide bonds. The number of nitrogen functional groups attached to an aromatic ring is 1. The minimum Gasteiger partial charge on any atom is -0.394 e. The van der Waals surface area contributed by atoms with Crippen molar-refractivity contribution in [2.45, 2.75) is 19.4 Å². The molecule has 17 heavy (non-hydrogen) atoms. The molecule has 0 unspecified atom stereocenters. The molecular weight excluding hydrogens is 218 g/mol. The van der Waals surface area contributed by atoms with Gasteiger partial charge in [-0.2, -0.15) is 0 Å². The molecule has 5 nitrogen and oxygen atoms in total. The number of aliphatic hydroxyl groups excluding tert-OH is 1. The lowest BCUT2D eigenvalue weighted by Crippen LogP contribution is -2.47. The summed E-state index contributed by atoms with van der Waals surface area (Å²) in [6, 6.07) is 6.85. The van der Waals surface area contributed by atoms with Crippen LogP contribution in [0.25, 0.3) is 0 Å². The number of likely N-dealkylation sites (N-methyl/N-ethyl adjacent to an activating group) is 1. The van der Waals surface area contributed by atoms with Gasteiger partial charge in [0.05, 0.1) is 12.1 Å². The van der Waals surface area contributed by atoms with Gasteiger partial charge in [-0.1, -0.05) is 0 Å². The van der Waals surface area contributed by atoms with E-state index in [0.717, 1.165) is 5.69 Å². The van der Waals surface area contributed by atoms with Crippen molar-refractivity contribution in [3.63, 3.8) is 0 Å². The van der Waals surface area contributed by atoms with Crippen LogP contribution < -0.4 is 11.3 Å². The van der Waals surface area contributed by atoms with Crippen LogP contribution in [0, 0.1) is 0 Å². The molecule has 0 bridgehead atoms. The molecule has 94 valence electrons. The summed E-state index contributed by atoms with van der Waals surface area (Å²) in [7, 11) is 1.67. The Balaban J connectivity index is 2.89. The van der Waals surface area contributed by atoms with Crippen LogP contribution in [0.4, 0.5) is 5.69 Å². The Morgan fingerprint density at radius 1 is 1.41 bits per heavy atom. The maximum Gasteiger partial charge on any atom is 0.254 e. The van der Waals surface area contributed by atoms with E-state index in [1.54, 1.807) is 45.2 Å². The van der Waals surface area contributed by atoms with Crippen molar-refractivity contribution in [3.8, 4) is 0 Å². The van der Waals surface area contributed by atoms with Crippen LogP contribution in [-0.4, -0.2) is 35.1 Å². The number of carbonyl (C=O) groups is 1. The zero-order valence-electron chi connectivity index (χ0n) is 10.4. The molecule has 5 heteroatoms. The summed E-state index contributed by atoms with van der Waals surface area (Å²) in [4.78, 5) is 13.6. The number of benzene rings is 1. The first-order chi connectivity index (χ1) is 7.92. The number of amides is 1. The third kappa shape index (κ3) is 2.95. The third-order valence-corrected chi connectivity index (χ3v) is 2.90. The Morgan fingerprint density at radius 2 is 1.94 bits per heavy atom. The van der Waals surface area contributed by atoms with E-state index in [-0.39, 0.29) is 12.5 Å².